The number of ether oxygens (including phenoxy) is 2. The van der Waals surface area contributed by atoms with Crippen LogP contribution in [0.4, 0.5) is 0 Å². The molecule has 1 N–H and O–H groups in total. The maximum absolute atomic E-state index is 13.2. The van der Waals surface area contributed by atoms with Crippen molar-refractivity contribution in [1.82, 2.24) is 4.31 Å². The highest BCUT2D eigenvalue weighted by Gasteiger charge is 2.47. The number of methoxy groups -OCH3 is 2. The minimum absolute atomic E-state index is 0.119. The molecule has 3 rings (SSSR count). The van der Waals surface area contributed by atoms with Crippen LogP contribution in [0.2, 0.25) is 0 Å². The SMILES string of the molecule is COc1ccc(OC)c(S(=O)(=O)N2CCC[C@@]3(CCC[C@H]3O)C2)c1. The van der Waals surface area contributed by atoms with Gasteiger partial charge in [0.05, 0.1) is 20.3 Å². The van der Waals surface area contributed by atoms with Crippen molar-refractivity contribution in [2.75, 3.05) is 27.3 Å². The van der Waals surface area contributed by atoms with E-state index < -0.39 is 16.1 Å². The summed E-state index contributed by atoms with van der Waals surface area (Å²) in [4.78, 5) is 0.119. The molecule has 0 amide bonds. The van der Waals surface area contributed by atoms with E-state index in [0.717, 1.165) is 32.1 Å². The second kappa shape index (κ2) is 6.54. The molecule has 24 heavy (non-hydrogen) atoms. The highest BCUT2D eigenvalue weighted by Crippen LogP contribution is 2.46. The highest BCUT2D eigenvalue weighted by atomic mass is 32.2. The van der Waals surface area contributed by atoms with Gasteiger partial charge in [-0.3, -0.25) is 0 Å². The van der Waals surface area contributed by atoms with Gasteiger partial charge in [0.1, 0.15) is 16.4 Å². The summed E-state index contributed by atoms with van der Waals surface area (Å²) in [5.74, 6) is 0.782. The predicted octanol–water partition coefficient (Wildman–Crippen LogP) is 2.02. The number of hydrogen-bond acceptors (Lipinski definition) is 5. The van der Waals surface area contributed by atoms with Crippen LogP contribution in [0, 0.1) is 5.41 Å². The Morgan fingerprint density at radius 2 is 1.96 bits per heavy atom. The van der Waals surface area contributed by atoms with Crippen LogP contribution in [-0.2, 0) is 10.0 Å². The van der Waals surface area contributed by atoms with Crippen LogP contribution in [0.5, 0.6) is 11.5 Å². The molecule has 1 aliphatic heterocycles. The van der Waals surface area contributed by atoms with Crippen LogP contribution < -0.4 is 9.47 Å². The first-order valence-electron chi connectivity index (χ1n) is 8.33. The second-order valence-electron chi connectivity index (χ2n) is 6.73. The molecule has 1 aliphatic carbocycles. The van der Waals surface area contributed by atoms with Crippen molar-refractivity contribution in [2.24, 2.45) is 5.41 Å². The Labute approximate surface area is 143 Å². The zero-order valence-electron chi connectivity index (χ0n) is 14.2. The van der Waals surface area contributed by atoms with Crippen LogP contribution >= 0.6 is 0 Å². The van der Waals surface area contributed by atoms with Gasteiger partial charge in [-0.1, -0.05) is 6.42 Å². The standard InChI is InChI=1S/C17H25NO5S/c1-22-13-6-7-14(23-2)15(11-13)24(20,21)18-10-4-9-17(12-18)8-3-5-16(17)19/h6-7,11,16,19H,3-5,8-10,12H2,1-2H3/t16-,17+/m1/s1. The number of sulfonamides is 1. The molecule has 1 aromatic carbocycles. The zero-order valence-corrected chi connectivity index (χ0v) is 15.0. The number of aliphatic hydroxyl groups excluding tert-OH is 1. The van der Waals surface area contributed by atoms with Crippen LogP contribution in [0.3, 0.4) is 0 Å². The van der Waals surface area contributed by atoms with Gasteiger partial charge in [0, 0.05) is 24.6 Å². The fraction of sp³-hybridized carbons (Fsp3) is 0.647. The van der Waals surface area contributed by atoms with Gasteiger partial charge in [-0.15, -0.1) is 0 Å². The van der Waals surface area contributed by atoms with E-state index >= 15 is 0 Å². The molecule has 2 fully saturated rings. The lowest BCUT2D eigenvalue weighted by molar-refractivity contribution is 0.0126. The fourth-order valence-electron chi connectivity index (χ4n) is 4.04. The summed E-state index contributed by atoms with van der Waals surface area (Å²) < 4.78 is 38.3. The predicted molar refractivity (Wildman–Crippen MR) is 89.8 cm³/mol. The molecule has 7 heteroatoms. The molecule has 0 bridgehead atoms. The molecule has 1 heterocycles. The average molecular weight is 355 g/mol. The highest BCUT2D eigenvalue weighted by molar-refractivity contribution is 7.89. The van der Waals surface area contributed by atoms with Crippen molar-refractivity contribution in [3.8, 4) is 11.5 Å². The van der Waals surface area contributed by atoms with Crippen LogP contribution in [0.25, 0.3) is 0 Å². The van der Waals surface area contributed by atoms with Crippen molar-refractivity contribution in [1.29, 1.82) is 0 Å². The minimum Gasteiger partial charge on any atom is -0.497 e. The Morgan fingerprint density at radius 1 is 1.21 bits per heavy atom. The van der Waals surface area contributed by atoms with Gasteiger partial charge in [0.15, 0.2) is 0 Å². The van der Waals surface area contributed by atoms with Crippen LogP contribution in [0.15, 0.2) is 23.1 Å². The maximum Gasteiger partial charge on any atom is 0.246 e. The van der Waals surface area contributed by atoms with E-state index in [4.69, 9.17) is 9.47 Å². The third kappa shape index (κ3) is 2.89. The van der Waals surface area contributed by atoms with E-state index in [1.165, 1.54) is 24.6 Å². The lowest BCUT2D eigenvalue weighted by atomic mass is 9.77. The normalized spacial score (nSPS) is 28.2. The van der Waals surface area contributed by atoms with Gasteiger partial charge in [0.2, 0.25) is 10.0 Å². The van der Waals surface area contributed by atoms with Crippen LogP contribution in [-0.4, -0.2) is 51.2 Å². The molecule has 0 aromatic heterocycles. The van der Waals surface area contributed by atoms with Crippen molar-refractivity contribution >= 4 is 10.0 Å². The topological polar surface area (TPSA) is 76.1 Å². The van der Waals surface area contributed by atoms with E-state index in [2.05, 4.69) is 0 Å². The summed E-state index contributed by atoms with van der Waals surface area (Å²) in [6.07, 6.45) is 3.84. The Kier molecular flexibility index (Phi) is 4.77. The number of hydrogen-bond donors (Lipinski definition) is 1. The third-order valence-corrected chi connectivity index (χ3v) is 7.29. The zero-order chi connectivity index (χ0) is 17.4. The fourth-order valence-corrected chi connectivity index (χ4v) is 5.79. The van der Waals surface area contributed by atoms with Crippen molar-refractivity contribution in [3.63, 3.8) is 0 Å². The van der Waals surface area contributed by atoms with Gasteiger partial charge in [-0.05, 0) is 37.8 Å². The first-order valence-corrected chi connectivity index (χ1v) is 9.77. The first kappa shape index (κ1) is 17.5. The molecule has 1 spiro atoms. The number of rotatable bonds is 4. The van der Waals surface area contributed by atoms with Gasteiger partial charge in [0.25, 0.3) is 0 Å². The largest absolute Gasteiger partial charge is 0.497 e. The Morgan fingerprint density at radius 3 is 2.58 bits per heavy atom. The second-order valence-corrected chi connectivity index (χ2v) is 8.64. The molecule has 1 saturated heterocycles. The number of aliphatic hydroxyl groups is 1. The molecule has 134 valence electrons. The van der Waals surface area contributed by atoms with Gasteiger partial charge >= 0.3 is 0 Å². The Bertz CT molecular complexity index is 705. The lowest BCUT2D eigenvalue weighted by Gasteiger charge is -2.41. The molecule has 6 nitrogen and oxygen atoms in total. The maximum atomic E-state index is 13.2. The van der Waals surface area contributed by atoms with Crippen LogP contribution in [0.1, 0.15) is 32.1 Å². The quantitative estimate of drug-likeness (QED) is 0.894. The molecule has 2 atom stereocenters. The molecule has 0 unspecified atom stereocenters. The number of benzene rings is 1. The molecule has 1 aromatic rings. The van der Waals surface area contributed by atoms with E-state index in [1.807, 2.05) is 0 Å². The molecule has 1 saturated carbocycles. The van der Waals surface area contributed by atoms with Gasteiger partial charge in [-0.2, -0.15) is 4.31 Å². The summed E-state index contributed by atoms with van der Waals surface area (Å²) >= 11 is 0. The molecular weight excluding hydrogens is 330 g/mol. The van der Waals surface area contributed by atoms with Gasteiger partial charge in [-0.25, -0.2) is 8.42 Å². The van der Waals surface area contributed by atoms with Crippen molar-refractivity contribution in [3.05, 3.63) is 18.2 Å². The van der Waals surface area contributed by atoms with E-state index in [9.17, 15) is 13.5 Å². The minimum atomic E-state index is -3.71. The summed E-state index contributed by atoms with van der Waals surface area (Å²) in [5, 5.41) is 10.4. The average Bonchev–Trinajstić information content (AvgIpc) is 2.94. The third-order valence-electron chi connectivity index (χ3n) is 5.42. The summed E-state index contributed by atoms with van der Waals surface area (Å²) in [6, 6.07) is 4.78. The Hall–Kier alpha value is -1.31. The number of nitrogens with zero attached hydrogens (tertiary/aromatic N) is 1. The van der Waals surface area contributed by atoms with E-state index in [1.54, 1.807) is 12.1 Å². The van der Waals surface area contributed by atoms with Gasteiger partial charge < -0.3 is 14.6 Å². The Balaban J connectivity index is 1.96. The molecular formula is C17H25NO5S. The van der Waals surface area contributed by atoms with Crippen molar-refractivity contribution < 1.29 is 23.0 Å². The van der Waals surface area contributed by atoms with E-state index in [-0.39, 0.29) is 10.3 Å². The smallest absolute Gasteiger partial charge is 0.246 e. The molecule has 0 radical (unpaired) electrons. The lowest BCUT2D eigenvalue weighted by Crippen LogP contribution is -2.49. The summed E-state index contributed by atoms with van der Waals surface area (Å²) in [5.41, 5.74) is -0.294. The summed E-state index contributed by atoms with van der Waals surface area (Å²) in [7, 11) is -0.746. The summed E-state index contributed by atoms with van der Waals surface area (Å²) in [6.45, 7) is 0.841. The van der Waals surface area contributed by atoms with E-state index in [0.29, 0.717) is 24.6 Å². The van der Waals surface area contributed by atoms with Crippen molar-refractivity contribution in [2.45, 2.75) is 43.1 Å². The monoisotopic (exact) mass is 355 g/mol. The number of piperidine rings is 1. The molecule has 2 aliphatic rings. The first-order chi connectivity index (χ1) is 11.4.